The molecule has 3 rings (SSSR count). The van der Waals surface area contributed by atoms with Gasteiger partial charge in [-0.2, -0.15) is 0 Å². The van der Waals surface area contributed by atoms with Gasteiger partial charge in [0.05, 0.1) is 16.6 Å². The summed E-state index contributed by atoms with van der Waals surface area (Å²) in [6, 6.07) is 20.8. The van der Waals surface area contributed by atoms with Crippen LogP contribution in [0.15, 0.2) is 77.7 Å². The lowest BCUT2D eigenvalue weighted by atomic mass is 10.0. The molecule has 0 aliphatic heterocycles. The van der Waals surface area contributed by atoms with Crippen molar-refractivity contribution in [3.63, 3.8) is 0 Å². The molecular formula is C24H26N2O3S. The highest BCUT2D eigenvalue weighted by molar-refractivity contribution is 7.92. The predicted molar refractivity (Wildman–Crippen MR) is 120 cm³/mol. The van der Waals surface area contributed by atoms with Crippen LogP contribution in [-0.2, 0) is 10.0 Å². The molecule has 0 saturated carbocycles. The second-order valence-corrected chi connectivity index (χ2v) is 9.34. The maximum Gasteiger partial charge on any atom is 0.264 e. The highest BCUT2D eigenvalue weighted by Crippen LogP contribution is 2.23. The van der Waals surface area contributed by atoms with E-state index in [9.17, 15) is 13.2 Å². The second-order valence-electron chi connectivity index (χ2n) is 7.37. The third-order valence-corrected chi connectivity index (χ3v) is 7.07. The quantitative estimate of drug-likeness (QED) is 0.630. The molecule has 0 saturated heterocycles. The molecule has 3 aromatic rings. The van der Waals surface area contributed by atoms with Crippen LogP contribution < -0.4 is 9.62 Å². The first kappa shape index (κ1) is 21.6. The summed E-state index contributed by atoms with van der Waals surface area (Å²) in [5.74, 6) is -0.208. The van der Waals surface area contributed by atoms with Crippen molar-refractivity contribution in [1.29, 1.82) is 0 Å². The van der Waals surface area contributed by atoms with Gasteiger partial charge in [0.15, 0.2) is 0 Å². The second kappa shape index (κ2) is 8.71. The largest absolute Gasteiger partial charge is 0.346 e. The van der Waals surface area contributed by atoms with Gasteiger partial charge < -0.3 is 5.32 Å². The third-order valence-electron chi connectivity index (χ3n) is 5.27. The van der Waals surface area contributed by atoms with Crippen LogP contribution in [-0.4, -0.2) is 21.4 Å². The van der Waals surface area contributed by atoms with Gasteiger partial charge in [0, 0.05) is 12.6 Å². The van der Waals surface area contributed by atoms with Crippen LogP contribution in [0.1, 0.15) is 40.0 Å². The monoisotopic (exact) mass is 422 g/mol. The Morgan fingerprint density at radius 2 is 1.53 bits per heavy atom. The van der Waals surface area contributed by atoms with Crippen LogP contribution >= 0.6 is 0 Å². The normalized spacial score (nSPS) is 12.3. The van der Waals surface area contributed by atoms with Crippen molar-refractivity contribution in [2.24, 2.45) is 0 Å². The minimum Gasteiger partial charge on any atom is -0.346 e. The molecule has 0 aromatic heterocycles. The van der Waals surface area contributed by atoms with Crippen molar-refractivity contribution in [3.8, 4) is 0 Å². The fourth-order valence-corrected chi connectivity index (χ4v) is 4.33. The predicted octanol–water partition coefficient (Wildman–Crippen LogP) is 4.62. The summed E-state index contributed by atoms with van der Waals surface area (Å²) in [6.07, 6.45) is 0. The molecule has 156 valence electrons. The van der Waals surface area contributed by atoms with E-state index in [1.54, 1.807) is 54.6 Å². The summed E-state index contributed by atoms with van der Waals surface area (Å²) in [5.41, 5.74) is 4.39. The molecule has 1 N–H and O–H groups in total. The van der Waals surface area contributed by atoms with Crippen LogP contribution in [0.2, 0.25) is 0 Å². The molecule has 0 aliphatic carbocycles. The summed E-state index contributed by atoms with van der Waals surface area (Å²) in [7, 11) is -2.16. The molecule has 0 spiro atoms. The van der Waals surface area contributed by atoms with E-state index in [0.29, 0.717) is 11.3 Å². The molecule has 30 heavy (non-hydrogen) atoms. The lowest BCUT2D eigenvalue weighted by molar-refractivity contribution is 0.0940. The van der Waals surface area contributed by atoms with Crippen LogP contribution in [0.25, 0.3) is 0 Å². The topological polar surface area (TPSA) is 66.5 Å². The molecule has 5 nitrogen and oxygen atoms in total. The van der Waals surface area contributed by atoms with Gasteiger partial charge >= 0.3 is 0 Å². The number of amides is 1. The number of sulfonamides is 1. The van der Waals surface area contributed by atoms with Crippen molar-refractivity contribution in [1.82, 2.24) is 5.32 Å². The summed E-state index contributed by atoms with van der Waals surface area (Å²) < 4.78 is 26.7. The number of aryl methyl sites for hydroxylation is 2. The van der Waals surface area contributed by atoms with Crippen molar-refractivity contribution in [3.05, 3.63) is 95.1 Å². The number of hydrogen-bond acceptors (Lipinski definition) is 3. The van der Waals surface area contributed by atoms with E-state index in [1.807, 2.05) is 26.0 Å². The Morgan fingerprint density at radius 3 is 2.13 bits per heavy atom. The molecule has 0 heterocycles. The number of nitrogens with one attached hydrogen (secondary N) is 1. The number of carbonyl (C=O) groups is 1. The summed E-state index contributed by atoms with van der Waals surface area (Å²) in [4.78, 5) is 12.9. The zero-order valence-electron chi connectivity index (χ0n) is 17.6. The number of nitrogens with zero attached hydrogens (tertiary/aromatic N) is 1. The minimum atomic E-state index is -3.66. The van der Waals surface area contributed by atoms with Gasteiger partial charge in [0.2, 0.25) is 0 Å². The fourth-order valence-electron chi connectivity index (χ4n) is 3.11. The van der Waals surface area contributed by atoms with Crippen LogP contribution in [0.5, 0.6) is 0 Å². The Hall–Kier alpha value is -3.12. The standard InChI is InChI=1S/C24H26N2O3S/c1-17-10-11-21(16-18(17)2)19(3)25-24(27)20-12-14-22(15-13-20)26(4)30(28,29)23-8-6-5-7-9-23/h5-16,19H,1-4H3,(H,25,27)/t19-/m1/s1. The van der Waals surface area contributed by atoms with Crippen molar-refractivity contribution in [2.45, 2.75) is 31.7 Å². The van der Waals surface area contributed by atoms with Gasteiger partial charge in [-0.3, -0.25) is 9.10 Å². The summed E-state index contributed by atoms with van der Waals surface area (Å²) in [6.45, 7) is 6.04. The zero-order valence-corrected chi connectivity index (χ0v) is 18.4. The molecule has 0 bridgehead atoms. The number of hydrogen-bond donors (Lipinski definition) is 1. The summed E-state index contributed by atoms with van der Waals surface area (Å²) in [5, 5.41) is 2.99. The first-order valence-corrected chi connectivity index (χ1v) is 11.2. The number of rotatable bonds is 6. The molecule has 0 fully saturated rings. The Bertz CT molecular complexity index is 1140. The van der Waals surface area contributed by atoms with E-state index in [0.717, 1.165) is 5.56 Å². The van der Waals surface area contributed by atoms with E-state index in [4.69, 9.17) is 0 Å². The first-order valence-electron chi connectivity index (χ1n) is 9.72. The van der Waals surface area contributed by atoms with Crippen molar-refractivity contribution >= 4 is 21.6 Å². The maximum absolute atomic E-state index is 12.8. The lowest BCUT2D eigenvalue weighted by Crippen LogP contribution is -2.28. The van der Waals surface area contributed by atoms with Crippen LogP contribution in [0.3, 0.4) is 0 Å². The molecular weight excluding hydrogens is 396 g/mol. The highest BCUT2D eigenvalue weighted by atomic mass is 32.2. The summed E-state index contributed by atoms with van der Waals surface area (Å²) >= 11 is 0. The highest BCUT2D eigenvalue weighted by Gasteiger charge is 2.21. The molecule has 1 amide bonds. The lowest BCUT2D eigenvalue weighted by Gasteiger charge is -2.20. The van der Waals surface area contributed by atoms with Crippen LogP contribution in [0.4, 0.5) is 5.69 Å². The Balaban J connectivity index is 1.73. The molecule has 3 aromatic carbocycles. The van der Waals surface area contributed by atoms with Crippen LogP contribution in [0, 0.1) is 13.8 Å². The van der Waals surface area contributed by atoms with E-state index in [-0.39, 0.29) is 16.8 Å². The van der Waals surface area contributed by atoms with Gasteiger partial charge in [0.25, 0.3) is 15.9 Å². The molecule has 1 atom stereocenters. The van der Waals surface area contributed by atoms with E-state index in [2.05, 4.69) is 18.3 Å². The van der Waals surface area contributed by atoms with Crippen molar-refractivity contribution < 1.29 is 13.2 Å². The average molecular weight is 423 g/mol. The third kappa shape index (κ3) is 4.54. The fraction of sp³-hybridized carbons (Fsp3) is 0.208. The van der Waals surface area contributed by atoms with Gasteiger partial charge in [0.1, 0.15) is 0 Å². The SMILES string of the molecule is Cc1ccc([C@@H](C)NC(=O)c2ccc(N(C)S(=O)(=O)c3ccccc3)cc2)cc1C. The van der Waals surface area contributed by atoms with Gasteiger partial charge in [-0.25, -0.2) is 8.42 Å². The Labute approximate surface area is 178 Å². The van der Waals surface area contributed by atoms with E-state index >= 15 is 0 Å². The zero-order chi connectivity index (χ0) is 21.9. The first-order chi connectivity index (χ1) is 14.2. The van der Waals surface area contributed by atoms with Gasteiger partial charge in [-0.05, 0) is 73.9 Å². The van der Waals surface area contributed by atoms with Gasteiger partial charge in [-0.15, -0.1) is 0 Å². The smallest absolute Gasteiger partial charge is 0.264 e. The maximum atomic E-state index is 12.8. The molecule has 0 radical (unpaired) electrons. The van der Waals surface area contributed by atoms with E-state index in [1.165, 1.54) is 22.5 Å². The van der Waals surface area contributed by atoms with Gasteiger partial charge in [-0.1, -0.05) is 36.4 Å². The number of carbonyl (C=O) groups excluding carboxylic acids is 1. The molecule has 0 aliphatic rings. The number of anilines is 1. The van der Waals surface area contributed by atoms with Crippen molar-refractivity contribution in [2.75, 3.05) is 11.4 Å². The Morgan fingerprint density at radius 1 is 0.900 bits per heavy atom. The molecule has 6 heteroatoms. The molecule has 0 unspecified atom stereocenters. The average Bonchev–Trinajstić information content (AvgIpc) is 2.75. The Kier molecular flexibility index (Phi) is 6.27. The van der Waals surface area contributed by atoms with E-state index < -0.39 is 10.0 Å². The minimum absolute atomic E-state index is 0.141. The number of benzene rings is 3.